The van der Waals surface area contributed by atoms with Gasteiger partial charge in [0.25, 0.3) is 11.1 Å². The van der Waals surface area contributed by atoms with Crippen LogP contribution in [0.25, 0.3) is 6.08 Å². The van der Waals surface area contributed by atoms with E-state index in [1.165, 1.54) is 12.1 Å². The van der Waals surface area contributed by atoms with Crippen molar-refractivity contribution in [3.63, 3.8) is 0 Å². The number of hydrogen-bond acceptors (Lipinski definition) is 6. The van der Waals surface area contributed by atoms with Crippen LogP contribution in [0.3, 0.4) is 0 Å². The van der Waals surface area contributed by atoms with E-state index in [2.05, 4.69) is 0 Å². The van der Waals surface area contributed by atoms with E-state index < -0.39 is 23.7 Å². The summed E-state index contributed by atoms with van der Waals surface area (Å²) < 4.78 is 19.3. The smallest absolute Gasteiger partial charge is 0.326 e. The minimum absolute atomic E-state index is 0.167. The fraction of sp³-hybridized carbons (Fsp3) is 0.421. The number of nitrogens with zero attached hydrogens (tertiary/aromatic N) is 2. The van der Waals surface area contributed by atoms with E-state index in [0.717, 1.165) is 48.2 Å². The molecule has 0 N–H and O–H groups in total. The fourth-order valence-corrected chi connectivity index (χ4v) is 3.98. The van der Waals surface area contributed by atoms with Crippen LogP contribution >= 0.6 is 11.8 Å². The molecule has 0 saturated carbocycles. The van der Waals surface area contributed by atoms with Crippen LogP contribution in [-0.2, 0) is 14.3 Å². The first-order valence-electron chi connectivity index (χ1n) is 8.86. The molecule has 2 aliphatic heterocycles. The summed E-state index contributed by atoms with van der Waals surface area (Å²) >= 11 is 0.739. The van der Waals surface area contributed by atoms with Crippen molar-refractivity contribution >= 4 is 40.6 Å². The van der Waals surface area contributed by atoms with Gasteiger partial charge in [-0.05, 0) is 67.8 Å². The second-order valence-corrected chi connectivity index (χ2v) is 7.42. The van der Waals surface area contributed by atoms with Gasteiger partial charge in [-0.15, -0.1) is 0 Å². The van der Waals surface area contributed by atoms with Gasteiger partial charge in [-0.3, -0.25) is 19.3 Å². The van der Waals surface area contributed by atoms with E-state index in [4.69, 9.17) is 4.74 Å². The molecule has 1 aromatic carbocycles. The van der Waals surface area contributed by atoms with Gasteiger partial charge < -0.3 is 9.64 Å². The minimum atomic E-state index is -0.641. The molecule has 2 aliphatic rings. The number of carbonyl (C=O) groups excluding carboxylic acids is 3. The zero-order valence-corrected chi connectivity index (χ0v) is 16.1. The lowest BCUT2D eigenvalue weighted by atomic mass is 10.1. The van der Waals surface area contributed by atoms with Crippen molar-refractivity contribution in [2.24, 2.45) is 0 Å². The Labute approximate surface area is 161 Å². The highest BCUT2D eigenvalue weighted by Gasteiger charge is 2.36. The van der Waals surface area contributed by atoms with E-state index >= 15 is 0 Å². The van der Waals surface area contributed by atoms with Crippen molar-refractivity contribution in [3.05, 3.63) is 34.0 Å². The van der Waals surface area contributed by atoms with Crippen molar-refractivity contribution < 1.29 is 23.5 Å². The summed E-state index contributed by atoms with van der Waals surface area (Å²) in [5.74, 6) is -1.56. The number of thioether (sulfide) groups is 1. The number of esters is 1. The van der Waals surface area contributed by atoms with Gasteiger partial charge in [-0.1, -0.05) is 0 Å². The largest absolute Gasteiger partial charge is 0.465 e. The zero-order valence-electron chi connectivity index (χ0n) is 15.3. The average Bonchev–Trinajstić information content (AvgIpc) is 3.23. The number of amides is 2. The number of aryl methyl sites for hydroxylation is 1. The standard InChI is InChI=1S/C19H21FN2O4S/c1-3-26-17(23)11-22-18(24)16(27-19(22)25)10-13-9-14(20)15(8-12(13)2)21-6-4-5-7-21/h8-10H,3-7,11H2,1-2H3. The molecule has 0 aliphatic carbocycles. The molecule has 1 aromatic rings. The molecule has 2 saturated heterocycles. The maximum absolute atomic E-state index is 14.6. The molecule has 27 heavy (non-hydrogen) atoms. The highest BCUT2D eigenvalue weighted by Crippen LogP contribution is 2.34. The summed E-state index contributed by atoms with van der Waals surface area (Å²) in [6, 6.07) is 3.16. The van der Waals surface area contributed by atoms with Crippen LogP contribution in [0.2, 0.25) is 0 Å². The van der Waals surface area contributed by atoms with E-state index in [1.54, 1.807) is 13.0 Å². The van der Waals surface area contributed by atoms with Crippen molar-refractivity contribution in [2.75, 3.05) is 31.1 Å². The third-order valence-corrected chi connectivity index (χ3v) is 5.44. The van der Waals surface area contributed by atoms with Crippen LogP contribution in [-0.4, -0.2) is 48.3 Å². The maximum Gasteiger partial charge on any atom is 0.326 e. The molecule has 6 nitrogen and oxygen atoms in total. The Hall–Kier alpha value is -2.35. The lowest BCUT2D eigenvalue weighted by Crippen LogP contribution is -2.34. The Morgan fingerprint density at radius 3 is 2.67 bits per heavy atom. The van der Waals surface area contributed by atoms with Crippen LogP contribution in [0.4, 0.5) is 14.9 Å². The molecule has 0 atom stereocenters. The second kappa shape index (κ2) is 8.12. The monoisotopic (exact) mass is 392 g/mol. The Balaban J connectivity index is 1.82. The van der Waals surface area contributed by atoms with Crippen molar-refractivity contribution in [2.45, 2.75) is 26.7 Å². The summed E-state index contributed by atoms with van der Waals surface area (Å²) in [6.07, 6.45) is 3.60. The van der Waals surface area contributed by atoms with Crippen LogP contribution in [0.1, 0.15) is 30.9 Å². The van der Waals surface area contributed by atoms with Gasteiger partial charge in [0.05, 0.1) is 17.2 Å². The summed E-state index contributed by atoms with van der Waals surface area (Å²) in [7, 11) is 0. The molecule has 0 spiro atoms. The Morgan fingerprint density at radius 1 is 1.30 bits per heavy atom. The van der Waals surface area contributed by atoms with Gasteiger partial charge in [0.15, 0.2) is 0 Å². The molecule has 0 unspecified atom stereocenters. The predicted molar refractivity (Wildman–Crippen MR) is 102 cm³/mol. The van der Waals surface area contributed by atoms with Gasteiger partial charge >= 0.3 is 5.97 Å². The topological polar surface area (TPSA) is 66.9 Å². The van der Waals surface area contributed by atoms with Crippen molar-refractivity contribution in [1.29, 1.82) is 0 Å². The number of benzene rings is 1. The number of carbonyl (C=O) groups is 3. The normalized spacial score (nSPS) is 18.7. The third kappa shape index (κ3) is 4.16. The van der Waals surface area contributed by atoms with Gasteiger partial charge in [-0.25, -0.2) is 4.39 Å². The predicted octanol–water partition coefficient (Wildman–Crippen LogP) is 3.33. The molecule has 2 fully saturated rings. The van der Waals surface area contributed by atoms with Crippen LogP contribution in [0, 0.1) is 12.7 Å². The van der Waals surface area contributed by atoms with Gasteiger partial charge in [0, 0.05) is 13.1 Å². The SMILES string of the molecule is CCOC(=O)CN1C(=O)SC(=Cc2cc(F)c(N3CCCC3)cc2C)C1=O. The number of halogens is 1. The number of ether oxygens (including phenoxy) is 1. The molecular formula is C19H21FN2O4S. The maximum atomic E-state index is 14.6. The van der Waals surface area contributed by atoms with E-state index in [9.17, 15) is 18.8 Å². The van der Waals surface area contributed by atoms with Crippen LogP contribution in [0.15, 0.2) is 17.0 Å². The molecule has 2 heterocycles. The number of hydrogen-bond donors (Lipinski definition) is 0. The summed E-state index contributed by atoms with van der Waals surface area (Å²) in [5.41, 5.74) is 1.92. The first kappa shape index (κ1) is 19.4. The number of rotatable bonds is 5. The number of imide groups is 1. The Kier molecular flexibility index (Phi) is 5.84. The van der Waals surface area contributed by atoms with E-state index in [0.29, 0.717) is 11.3 Å². The lowest BCUT2D eigenvalue weighted by Gasteiger charge is -2.19. The fourth-order valence-electron chi connectivity index (χ4n) is 3.15. The molecule has 2 amide bonds. The molecule has 0 radical (unpaired) electrons. The van der Waals surface area contributed by atoms with Gasteiger partial charge in [-0.2, -0.15) is 0 Å². The Morgan fingerprint density at radius 2 is 2.00 bits per heavy atom. The Bertz CT molecular complexity index is 818. The van der Waals surface area contributed by atoms with Gasteiger partial charge in [0.1, 0.15) is 12.4 Å². The molecule has 0 aromatic heterocycles. The van der Waals surface area contributed by atoms with E-state index in [1.807, 2.05) is 11.8 Å². The molecule has 8 heteroatoms. The highest BCUT2D eigenvalue weighted by molar-refractivity contribution is 8.18. The molecular weight excluding hydrogens is 371 g/mol. The second-order valence-electron chi connectivity index (χ2n) is 6.43. The zero-order chi connectivity index (χ0) is 19.6. The highest BCUT2D eigenvalue weighted by atomic mass is 32.2. The van der Waals surface area contributed by atoms with Gasteiger partial charge in [0.2, 0.25) is 0 Å². The number of anilines is 1. The quantitative estimate of drug-likeness (QED) is 0.566. The van der Waals surface area contributed by atoms with Crippen LogP contribution in [0.5, 0.6) is 0 Å². The van der Waals surface area contributed by atoms with Crippen molar-refractivity contribution in [3.8, 4) is 0 Å². The lowest BCUT2D eigenvalue weighted by molar-refractivity contribution is -0.145. The molecule has 144 valence electrons. The minimum Gasteiger partial charge on any atom is -0.465 e. The first-order valence-corrected chi connectivity index (χ1v) is 9.68. The van der Waals surface area contributed by atoms with Crippen molar-refractivity contribution in [1.82, 2.24) is 4.90 Å². The van der Waals surface area contributed by atoms with Crippen LogP contribution < -0.4 is 4.90 Å². The summed E-state index contributed by atoms with van der Waals surface area (Å²) in [4.78, 5) is 39.1. The molecule has 0 bridgehead atoms. The molecule has 3 rings (SSSR count). The summed E-state index contributed by atoms with van der Waals surface area (Å²) in [5, 5.41) is -0.536. The summed E-state index contributed by atoms with van der Waals surface area (Å²) in [6.45, 7) is 4.91. The third-order valence-electron chi connectivity index (χ3n) is 4.53. The van der Waals surface area contributed by atoms with E-state index in [-0.39, 0.29) is 17.3 Å². The average molecular weight is 392 g/mol. The first-order chi connectivity index (χ1) is 12.9.